The van der Waals surface area contributed by atoms with Crippen molar-refractivity contribution in [2.75, 3.05) is 13.6 Å². The fourth-order valence-corrected chi connectivity index (χ4v) is 0.803. The van der Waals surface area contributed by atoms with Gasteiger partial charge in [-0.1, -0.05) is 0 Å². The van der Waals surface area contributed by atoms with Gasteiger partial charge in [-0.2, -0.15) is 0 Å². The molecule has 10 heavy (non-hydrogen) atoms. The first-order chi connectivity index (χ1) is 4.83. The highest BCUT2D eigenvalue weighted by Crippen LogP contribution is 2.06. The summed E-state index contributed by atoms with van der Waals surface area (Å²) in [6.45, 7) is 0.892. The van der Waals surface area contributed by atoms with Crippen molar-refractivity contribution in [3.8, 4) is 0 Å². The average Bonchev–Trinajstić information content (AvgIpc) is 2.31. The lowest BCUT2D eigenvalue weighted by Gasteiger charge is -1.91. The Morgan fingerprint density at radius 3 is 3.10 bits per heavy atom. The SMILES string of the molecule is CNCCc1coc(Cl)n1. The van der Waals surface area contributed by atoms with Gasteiger partial charge in [0.15, 0.2) is 0 Å². The minimum Gasteiger partial charge on any atom is -0.436 e. The zero-order valence-electron chi connectivity index (χ0n) is 5.72. The summed E-state index contributed by atoms with van der Waals surface area (Å²) in [5, 5.41) is 3.21. The Kier molecular flexibility index (Phi) is 2.71. The highest BCUT2D eigenvalue weighted by atomic mass is 35.5. The predicted octanol–water partition coefficient (Wildman–Crippen LogP) is 1.09. The van der Waals surface area contributed by atoms with Crippen molar-refractivity contribution in [1.82, 2.24) is 10.3 Å². The van der Waals surface area contributed by atoms with Crippen LogP contribution in [-0.2, 0) is 6.42 Å². The Morgan fingerprint density at radius 1 is 1.80 bits per heavy atom. The molecule has 1 heterocycles. The lowest BCUT2D eigenvalue weighted by molar-refractivity contribution is 0.558. The summed E-state index contributed by atoms with van der Waals surface area (Å²) in [5.41, 5.74) is 0.888. The molecule has 0 unspecified atom stereocenters. The Balaban J connectivity index is 2.42. The van der Waals surface area contributed by atoms with Crippen molar-refractivity contribution in [3.05, 3.63) is 17.3 Å². The predicted molar refractivity (Wildman–Crippen MR) is 39.1 cm³/mol. The molecule has 0 atom stereocenters. The van der Waals surface area contributed by atoms with Crippen LogP contribution in [0.15, 0.2) is 10.7 Å². The van der Waals surface area contributed by atoms with Crippen LogP contribution >= 0.6 is 11.6 Å². The highest BCUT2D eigenvalue weighted by molar-refractivity contribution is 6.27. The first kappa shape index (κ1) is 7.57. The van der Waals surface area contributed by atoms with Gasteiger partial charge in [-0.25, -0.2) is 4.98 Å². The maximum Gasteiger partial charge on any atom is 0.292 e. The third-order valence-electron chi connectivity index (χ3n) is 1.15. The Hall–Kier alpha value is -0.540. The molecule has 0 radical (unpaired) electrons. The second kappa shape index (κ2) is 3.58. The number of halogens is 1. The number of likely N-dealkylation sites (N-methyl/N-ethyl adjacent to an activating group) is 1. The first-order valence-electron chi connectivity index (χ1n) is 3.07. The van der Waals surface area contributed by atoms with Crippen LogP contribution in [0.2, 0.25) is 5.35 Å². The van der Waals surface area contributed by atoms with Crippen LogP contribution in [0.3, 0.4) is 0 Å². The Morgan fingerprint density at radius 2 is 2.60 bits per heavy atom. The normalized spacial score (nSPS) is 10.2. The van der Waals surface area contributed by atoms with Crippen LogP contribution in [0.4, 0.5) is 0 Å². The Labute approximate surface area is 64.4 Å². The van der Waals surface area contributed by atoms with Gasteiger partial charge in [0, 0.05) is 13.0 Å². The van der Waals surface area contributed by atoms with E-state index in [-0.39, 0.29) is 5.35 Å². The van der Waals surface area contributed by atoms with E-state index in [0.717, 1.165) is 18.7 Å². The van der Waals surface area contributed by atoms with Crippen molar-refractivity contribution in [2.45, 2.75) is 6.42 Å². The summed E-state index contributed by atoms with van der Waals surface area (Å²) < 4.78 is 4.79. The van der Waals surface area contributed by atoms with Crippen LogP contribution in [-0.4, -0.2) is 18.6 Å². The molecule has 0 aromatic carbocycles. The molecule has 1 N–H and O–H groups in total. The van der Waals surface area contributed by atoms with E-state index in [0.29, 0.717) is 0 Å². The number of rotatable bonds is 3. The molecule has 0 bridgehead atoms. The molecule has 0 aliphatic rings. The van der Waals surface area contributed by atoms with Gasteiger partial charge in [0.2, 0.25) is 0 Å². The van der Waals surface area contributed by atoms with E-state index in [2.05, 4.69) is 10.3 Å². The number of nitrogens with zero attached hydrogens (tertiary/aromatic N) is 1. The third-order valence-corrected chi connectivity index (χ3v) is 1.33. The Bertz CT molecular complexity index is 199. The fraction of sp³-hybridized carbons (Fsp3) is 0.500. The molecule has 56 valence electrons. The molecular weight excluding hydrogens is 152 g/mol. The molecule has 0 saturated carbocycles. The molecule has 3 nitrogen and oxygen atoms in total. The van der Waals surface area contributed by atoms with E-state index >= 15 is 0 Å². The van der Waals surface area contributed by atoms with E-state index in [4.69, 9.17) is 16.0 Å². The largest absolute Gasteiger partial charge is 0.436 e. The van der Waals surface area contributed by atoms with Crippen LogP contribution < -0.4 is 5.32 Å². The van der Waals surface area contributed by atoms with Crippen molar-refractivity contribution in [1.29, 1.82) is 0 Å². The number of hydrogen-bond donors (Lipinski definition) is 1. The number of oxazole rings is 1. The van der Waals surface area contributed by atoms with Gasteiger partial charge in [-0.05, 0) is 18.6 Å². The third kappa shape index (κ3) is 2.01. The minimum atomic E-state index is 0.214. The van der Waals surface area contributed by atoms with Gasteiger partial charge in [-0.3, -0.25) is 0 Å². The van der Waals surface area contributed by atoms with Crippen molar-refractivity contribution >= 4 is 11.6 Å². The van der Waals surface area contributed by atoms with Gasteiger partial charge in [0.25, 0.3) is 5.35 Å². The summed E-state index contributed by atoms with van der Waals surface area (Å²) in [7, 11) is 1.89. The molecule has 1 aromatic rings. The summed E-state index contributed by atoms with van der Waals surface area (Å²) in [5.74, 6) is 0. The molecule has 0 aliphatic heterocycles. The molecule has 0 fully saturated rings. The standard InChI is InChI=1S/C6H9ClN2O/c1-8-3-2-5-4-10-6(7)9-5/h4,8H,2-3H2,1H3. The maximum atomic E-state index is 5.44. The zero-order chi connectivity index (χ0) is 7.40. The monoisotopic (exact) mass is 160 g/mol. The molecular formula is C6H9ClN2O. The zero-order valence-corrected chi connectivity index (χ0v) is 6.48. The quantitative estimate of drug-likeness (QED) is 0.720. The lowest BCUT2D eigenvalue weighted by Crippen LogP contribution is -2.10. The van der Waals surface area contributed by atoms with E-state index in [1.807, 2.05) is 7.05 Å². The molecule has 0 aliphatic carbocycles. The lowest BCUT2D eigenvalue weighted by atomic mass is 10.3. The number of hydrogen-bond acceptors (Lipinski definition) is 3. The van der Waals surface area contributed by atoms with E-state index in [1.54, 1.807) is 6.26 Å². The fourth-order valence-electron chi connectivity index (χ4n) is 0.650. The number of nitrogens with one attached hydrogen (secondary N) is 1. The smallest absolute Gasteiger partial charge is 0.292 e. The van der Waals surface area contributed by atoms with Crippen LogP contribution in [0.1, 0.15) is 5.69 Å². The average molecular weight is 161 g/mol. The van der Waals surface area contributed by atoms with Crippen molar-refractivity contribution < 1.29 is 4.42 Å². The van der Waals surface area contributed by atoms with E-state index in [1.165, 1.54) is 0 Å². The maximum absolute atomic E-state index is 5.44. The molecule has 0 spiro atoms. The molecule has 0 saturated heterocycles. The highest BCUT2D eigenvalue weighted by Gasteiger charge is 1.98. The summed E-state index contributed by atoms with van der Waals surface area (Å²) in [6.07, 6.45) is 2.42. The first-order valence-corrected chi connectivity index (χ1v) is 3.45. The van der Waals surface area contributed by atoms with Crippen LogP contribution in [0.25, 0.3) is 0 Å². The summed E-state index contributed by atoms with van der Waals surface area (Å²) in [4.78, 5) is 3.91. The van der Waals surface area contributed by atoms with Gasteiger partial charge in [0.05, 0.1) is 5.69 Å². The van der Waals surface area contributed by atoms with Gasteiger partial charge in [0.1, 0.15) is 6.26 Å². The molecule has 0 amide bonds. The van der Waals surface area contributed by atoms with Crippen LogP contribution in [0, 0.1) is 0 Å². The van der Waals surface area contributed by atoms with Crippen LogP contribution in [0.5, 0.6) is 0 Å². The van der Waals surface area contributed by atoms with Gasteiger partial charge >= 0.3 is 0 Å². The molecule has 1 rings (SSSR count). The van der Waals surface area contributed by atoms with E-state index in [9.17, 15) is 0 Å². The summed E-state index contributed by atoms with van der Waals surface area (Å²) in [6, 6.07) is 0. The summed E-state index contributed by atoms with van der Waals surface area (Å²) >= 11 is 5.44. The van der Waals surface area contributed by atoms with Crippen molar-refractivity contribution in [3.63, 3.8) is 0 Å². The topological polar surface area (TPSA) is 38.1 Å². The second-order valence-corrected chi connectivity index (χ2v) is 2.27. The van der Waals surface area contributed by atoms with Crippen molar-refractivity contribution in [2.24, 2.45) is 0 Å². The van der Waals surface area contributed by atoms with Gasteiger partial charge in [-0.15, -0.1) is 0 Å². The van der Waals surface area contributed by atoms with E-state index < -0.39 is 0 Å². The number of aromatic nitrogens is 1. The molecule has 1 aromatic heterocycles. The second-order valence-electron chi connectivity index (χ2n) is 1.95. The van der Waals surface area contributed by atoms with Gasteiger partial charge < -0.3 is 9.73 Å². The minimum absolute atomic E-state index is 0.214. The molecule has 4 heteroatoms.